The molecule has 0 aliphatic carbocycles. The largest absolute Gasteiger partial charge is 0.397 e. The predicted octanol–water partition coefficient (Wildman–Crippen LogP) is 1.89. The number of imidazole rings is 1. The van der Waals surface area contributed by atoms with E-state index in [2.05, 4.69) is 9.38 Å². The lowest BCUT2D eigenvalue weighted by Gasteiger charge is -2.21. The summed E-state index contributed by atoms with van der Waals surface area (Å²) in [7, 11) is 0. The Morgan fingerprint density at radius 1 is 1.53 bits per heavy atom. The lowest BCUT2D eigenvalue weighted by molar-refractivity contribution is 0.0542. The van der Waals surface area contributed by atoms with Crippen molar-refractivity contribution in [3.05, 3.63) is 30.4 Å². The first-order valence-corrected chi connectivity index (χ1v) is 6.13. The number of hydrogen-bond donors (Lipinski definition) is 1. The summed E-state index contributed by atoms with van der Waals surface area (Å²) in [5, 5.41) is 0. The van der Waals surface area contributed by atoms with Crippen LogP contribution in [0.2, 0.25) is 0 Å². The van der Waals surface area contributed by atoms with Gasteiger partial charge in [0.15, 0.2) is 0 Å². The maximum Gasteiger partial charge on any atom is 0.113 e. The average molecular weight is 231 g/mol. The van der Waals surface area contributed by atoms with Crippen molar-refractivity contribution < 1.29 is 4.74 Å². The van der Waals surface area contributed by atoms with E-state index in [1.165, 1.54) is 6.42 Å². The highest BCUT2D eigenvalue weighted by Crippen LogP contribution is 2.20. The Bertz CT molecular complexity index is 514. The molecule has 2 N–H and O–H groups in total. The molecule has 1 atom stereocenters. The van der Waals surface area contributed by atoms with Crippen LogP contribution in [0.3, 0.4) is 0 Å². The van der Waals surface area contributed by atoms with Gasteiger partial charge in [-0.15, -0.1) is 0 Å². The van der Waals surface area contributed by atoms with Crippen LogP contribution >= 0.6 is 0 Å². The van der Waals surface area contributed by atoms with Crippen LogP contribution in [0, 0.1) is 5.92 Å². The summed E-state index contributed by atoms with van der Waals surface area (Å²) >= 11 is 0. The van der Waals surface area contributed by atoms with Gasteiger partial charge in [-0.1, -0.05) is 0 Å². The normalized spacial score (nSPS) is 20.8. The zero-order valence-corrected chi connectivity index (χ0v) is 9.80. The summed E-state index contributed by atoms with van der Waals surface area (Å²) in [6.07, 6.45) is 7.25. The third-order valence-corrected chi connectivity index (χ3v) is 3.41. The number of pyridine rings is 1. The van der Waals surface area contributed by atoms with Crippen LogP contribution in [0.1, 0.15) is 18.7 Å². The lowest BCUT2D eigenvalue weighted by Crippen LogP contribution is -2.20. The second kappa shape index (κ2) is 4.37. The number of hydrogen-bond acceptors (Lipinski definition) is 3. The van der Waals surface area contributed by atoms with Gasteiger partial charge in [0, 0.05) is 25.8 Å². The molecule has 3 rings (SSSR count). The van der Waals surface area contributed by atoms with Crippen molar-refractivity contribution in [3.63, 3.8) is 0 Å². The third kappa shape index (κ3) is 2.00. The minimum absolute atomic E-state index is 0.593. The van der Waals surface area contributed by atoms with E-state index in [1.54, 1.807) is 0 Å². The molecule has 1 unspecified atom stereocenters. The second-order valence-electron chi connectivity index (χ2n) is 4.68. The van der Waals surface area contributed by atoms with Crippen LogP contribution in [0.15, 0.2) is 24.5 Å². The minimum atomic E-state index is 0.593. The molecule has 1 fully saturated rings. The third-order valence-electron chi connectivity index (χ3n) is 3.41. The van der Waals surface area contributed by atoms with Gasteiger partial charge in [-0.05, 0) is 30.9 Å². The van der Waals surface area contributed by atoms with Crippen molar-refractivity contribution in [1.29, 1.82) is 0 Å². The molecule has 0 amide bonds. The zero-order chi connectivity index (χ0) is 11.7. The molecular weight excluding hydrogens is 214 g/mol. The van der Waals surface area contributed by atoms with Gasteiger partial charge in [0.2, 0.25) is 0 Å². The highest BCUT2D eigenvalue weighted by molar-refractivity contribution is 5.68. The van der Waals surface area contributed by atoms with E-state index in [0.29, 0.717) is 5.92 Å². The van der Waals surface area contributed by atoms with Crippen LogP contribution in [-0.4, -0.2) is 22.6 Å². The van der Waals surface area contributed by atoms with Crippen molar-refractivity contribution in [2.75, 3.05) is 18.9 Å². The molecule has 1 saturated heterocycles. The molecule has 1 aliphatic heterocycles. The van der Waals surface area contributed by atoms with E-state index in [4.69, 9.17) is 10.5 Å². The van der Waals surface area contributed by atoms with Crippen molar-refractivity contribution in [2.24, 2.45) is 5.92 Å². The van der Waals surface area contributed by atoms with Gasteiger partial charge < -0.3 is 14.9 Å². The highest BCUT2D eigenvalue weighted by atomic mass is 16.5. The molecule has 0 spiro atoms. The fraction of sp³-hybridized carbons (Fsp3) is 0.462. The molecule has 2 aromatic heterocycles. The van der Waals surface area contributed by atoms with Crippen LogP contribution < -0.4 is 5.73 Å². The molecule has 0 aromatic carbocycles. The van der Waals surface area contributed by atoms with Gasteiger partial charge in [0.05, 0.1) is 17.4 Å². The van der Waals surface area contributed by atoms with E-state index < -0.39 is 0 Å². The molecule has 3 heterocycles. The number of nitrogens with zero attached hydrogens (tertiary/aromatic N) is 2. The first kappa shape index (κ1) is 10.6. The highest BCUT2D eigenvalue weighted by Gasteiger charge is 2.17. The Hall–Kier alpha value is -1.55. The number of fused-ring (bicyclic) bond motifs is 1. The number of anilines is 1. The minimum Gasteiger partial charge on any atom is -0.397 e. The zero-order valence-electron chi connectivity index (χ0n) is 9.80. The van der Waals surface area contributed by atoms with Gasteiger partial charge >= 0.3 is 0 Å². The Kier molecular flexibility index (Phi) is 2.73. The summed E-state index contributed by atoms with van der Waals surface area (Å²) in [5.74, 6) is 1.68. The average Bonchev–Trinajstić information content (AvgIpc) is 2.76. The second-order valence-corrected chi connectivity index (χ2v) is 4.68. The lowest BCUT2D eigenvalue weighted by atomic mass is 9.98. The summed E-state index contributed by atoms with van der Waals surface area (Å²) < 4.78 is 7.59. The Morgan fingerprint density at radius 3 is 3.29 bits per heavy atom. The van der Waals surface area contributed by atoms with Gasteiger partial charge in [-0.3, -0.25) is 0 Å². The Morgan fingerprint density at radius 2 is 2.47 bits per heavy atom. The quantitative estimate of drug-likeness (QED) is 0.858. The van der Waals surface area contributed by atoms with E-state index in [9.17, 15) is 0 Å². The van der Waals surface area contributed by atoms with E-state index in [0.717, 1.165) is 43.1 Å². The van der Waals surface area contributed by atoms with Crippen molar-refractivity contribution >= 4 is 11.2 Å². The van der Waals surface area contributed by atoms with Gasteiger partial charge in [-0.2, -0.15) is 0 Å². The Labute approximate surface area is 100 Å². The topological polar surface area (TPSA) is 52.5 Å². The van der Waals surface area contributed by atoms with Gasteiger partial charge in [-0.25, -0.2) is 4.98 Å². The van der Waals surface area contributed by atoms with Crippen LogP contribution in [0.5, 0.6) is 0 Å². The monoisotopic (exact) mass is 231 g/mol. The van der Waals surface area contributed by atoms with E-state index in [1.807, 2.05) is 24.5 Å². The molecule has 4 heteroatoms. The fourth-order valence-electron chi connectivity index (χ4n) is 2.47. The van der Waals surface area contributed by atoms with Crippen LogP contribution in [0.4, 0.5) is 5.69 Å². The van der Waals surface area contributed by atoms with E-state index >= 15 is 0 Å². The molecule has 90 valence electrons. The van der Waals surface area contributed by atoms with Crippen LogP contribution in [0.25, 0.3) is 5.52 Å². The maximum atomic E-state index is 5.92. The van der Waals surface area contributed by atoms with Gasteiger partial charge in [0.1, 0.15) is 5.82 Å². The molecular formula is C13H17N3O. The van der Waals surface area contributed by atoms with Crippen LogP contribution in [-0.2, 0) is 11.2 Å². The number of ether oxygens (including phenoxy) is 1. The van der Waals surface area contributed by atoms with E-state index in [-0.39, 0.29) is 0 Å². The predicted molar refractivity (Wildman–Crippen MR) is 66.9 cm³/mol. The van der Waals surface area contributed by atoms with Crippen molar-refractivity contribution in [3.8, 4) is 0 Å². The van der Waals surface area contributed by atoms with Gasteiger partial charge in [0.25, 0.3) is 0 Å². The summed E-state index contributed by atoms with van der Waals surface area (Å²) in [5.41, 5.74) is 7.70. The summed E-state index contributed by atoms with van der Waals surface area (Å²) in [6.45, 7) is 1.77. The standard InChI is InChI=1S/C13H17N3O/c14-11-4-1-5-16-12(11)8-15-13(16)7-10-3-2-6-17-9-10/h1,4-5,8,10H,2-3,6-7,9,14H2. The SMILES string of the molecule is Nc1cccn2c(CC3CCCOC3)ncc12. The number of nitrogens with two attached hydrogens (primary N) is 1. The smallest absolute Gasteiger partial charge is 0.113 e. The summed E-state index contributed by atoms with van der Waals surface area (Å²) in [6, 6.07) is 3.87. The molecule has 0 saturated carbocycles. The van der Waals surface area contributed by atoms with Crippen molar-refractivity contribution in [1.82, 2.24) is 9.38 Å². The number of nitrogen functional groups attached to an aromatic ring is 1. The molecule has 4 nitrogen and oxygen atoms in total. The summed E-state index contributed by atoms with van der Waals surface area (Å²) in [4.78, 5) is 4.48. The first-order chi connectivity index (χ1) is 8.34. The van der Waals surface area contributed by atoms with Crippen molar-refractivity contribution in [2.45, 2.75) is 19.3 Å². The Balaban J connectivity index is 1.87. The molecule has 0 radical (unpaired) electrons. The number of rotatable bonds is 2. The maximum absolute atomic E-state index is 5.92. The number of aromatic nitrogens is 2. The fourth-order valence-corrected chi connectivity index (χ4v) is 2.47. The molecule has 1 aliphatic rings. The molecule has 17 heavy (non-hydrogen) atoms. The molecule has 0 bridgehead atoms. The first-order valence-electron chi connectivity index (χ1n) is 6.13. The molecule has 2 aromatic rings.